The van der Waals surface area contributed by atoms with Gasteiger partial charge in [-0.25, -0.2) is 0 Å². The van der Waals surface area contributed by atoms with Gasteiger partial charge in [0.15, 0.2) is 0 Å². The highest BCUT2D eigenvalue weighted by Gasteiger charge is 2.07. The lowest BCUT2D eigenvalue weighted by atomic mass is 10.0. The highest BCUT2D eigenvalue weighted by Crippen LogP contribution is 2.28. The lowest BCUT2D eigenvalue weighted by Gasteiger charge is -2.08. The number of anilines is 1. The third kappa shape index (κ3) is 3.40. The van der Waals surface area contributed by atoms with Crippen LogP contribution >= 0.6 is 11.6 Å². The molecule has 0 atom stereocenters. The van der Waals surface area contributed by atoms with E-state index in [2.05, 4.69) is 24.1 Å². The van der Waals surface area contributed by atoms with Crippen LogP contribution in [-0.4, -0.2) is 4.98 Å². The van der Waals surface area contributed by atoms with Gasteiger partial charge in [0, 0.05) is 33.7 Å². The molecule has 1 aromatic carbocycles. The predicted octanol–water partition coefficient (Wildman–Crippen LogP) is 5.02. The molecule has 104 valence electrons. The van der Waals surface area contributed by atoms with E-state index >= 15 is 0 Å². The molecule has 0 aliphatic rings. The first-order chi connectivity index (χ1) is 9.61. The molecule has 0 spiro atoms. The fourth-order valence-electron chi connectivity index (χ4n) is 2.03. The number of benzene rings is 1. The Morgan fingerprint density at radius 2 is 2.10 bits per heavy atom. The SMILES string of the molecule is CCC/C=C(/Cl)c1cc(-c2cccc(N)c2)cnc1C. The van der Waals surface area contributed by atoms with Crippen molar-refractivity contribution in [1.29, 1.82) is 0 Å². The molecule has 0 fully saturated rings. The molecule has 1 heterocycles. The topological polar surface area (TPSA) is 38.9 Å². The number of aromatic nitrogens is 1. The van der Waals surface area contributed by atoms with E-state index in [1.54, 1.807) is 0 Å². The molecule has 0 saturated carbocycles. The minimum absolute atomic E-state index is 0.747. The molecule has 0 radical (unpaired) electrons. The Hall–Kier alpha value is -1.80. The Morgan fingerprint density at radius 3 is 2.80 bits per heavy atom. The number of nitrogen functional groups attached to an aromatic ring is 1. The summed E-state index contributed by atoms with van der Waals surface area (Å²) in [6.07, 6.45) is 5.96. The quantitative estimate of drug-likeness (QED) is 0.802. The van der Waals surface area contributed by atoms with Crippen LogP contribution in [0.4, 0.5) is 5.69 Å². The average molecular weight is 287 g/mol. The molecule has 1 aromatic heterocycles. The van der Waals surface area contributed by atoms with Gasteiger partial charge in [-0.05, 0) is 37.1 Å². The Labute approximate surface area is 125 Å². The highest BCUT2D eigenvalue weighted by atomic mass is 35.5. The molecule has 0 aliphatic carbocycles. The van der Waals surface area contributed by atoms with E-state index in [0.717, 1.165) is 45.9 Å². The van der Waals surface area contributed by atoms with Gasteiger partial charge in [0.25, 0.3) is 0 Å². The zero-order chi connectivity index (χ0) is 14.5. The summed E-state index contributed by atoms with van der Waals surface area (Å²) in [5.41, 5.74) is 10.6. The van der Waals surface area contributed by atoms with Crippen LogP contribution in [0.25, 0.3) is 16.2 Å². The maximum atomic E-state index is 6.38. The number of allylic oxidation sites excluding steroid dienone is 1. The summed E-state index contributed by atoms with van der Waals surface area (Å²) in [5, 5.41) is 0.766. The van der Waals surface area contributed by atoms with E-state index in [1.165, 1.54) is 0 Å². The minimum Gasteiger partial charge on any atom is -0.399 e. The van der Waals surface area contributed by atoms with E-state index in [4.69, 9.17) is 17.3 Å². The predicted molar refractivity (Wildman–Crippen MR) is 87.6 cm³/mol. The molecule has 0 saturated heterocycles. The number of nitrogens with two attached hydrogens (primary N) is 1. The molecular weight excluding hydrogens is 268 g/mol. The molecule has 3 heteroatoms. The van der Waals surface area contributed by atoms with Crippen LogP contribution in [0, 0.1) is 6.92 Å². The summed E-state index contributed by atoms with van der Waals surface area (Å²) in [7, 11) is 0. The molecule has 0 aliphatic heterocycles. The monoisotopic (exact) mass is 286 g/mol. The molecule has 2 nitrogen and oxygen atoms in total. The Bertz CT molecular complexity index is 633. The van der Waals surface area contributed by atoms with Gasteiger partial charge >= 0.3 is 0 Å². The molecule has 0 amide bonds. The van der Waals surface area contributed by atoms with E-state index in [1.807, 2.05) is 37.4 Å². The third-order valence-electron chi connectivity index (χ3n) is 3.18. The maximum Gasteiger partial charge on any atom is 0.0460 e. The number of hydrogen-bond acceptors (Lipinski definition) is 2. The second kappa shape index (κ2) is 6.58. The maximum absolute atomic E-state index is 6.38. The molecule has 0 bridgehead atoms. The Morgan fingerprint density at radius 1 is 1.30 bits per heavy atom. The molecule has 2 N–H and O–H groups in total. The first-order valence-electron chi connectivity index (χ1n) is 6.80. The van der Waals surface area contributed by atoms with Crippen molar-refractivity contribution in [3.63, 3.8) is 0 Å². The van der Waals surface area contributed by atoms with Crippen LogP contribution in [0.15, 0.2) is 42.6 Å². The second-order valence-corrected chi connectivity index (χ2v) is 5.23. The number of halogens is 1. The summed E-state index contributed by atoms with van der Waals surface area (Å²) in [6.45, 7) is 4.11. The standard InChI is InChI=1S/C17H19ClN2/c1-3-4-8-17(18)16-10-14(11-20-12(16)2)13-6-5-7-15(19)9-13/h5-11H,3-4,19H2,1-2H3/b17-8+. The van der Waals surface area contributed by atoms with E-state index < -0.39 is 0 Å². The molecule has 2 aromatic rings. The first-order valence-corrected chi connectivity index (χ1v) is 7.18. The van der Waals surface area contributed by atoms with Gasteiger partial charge in [-0.2, -0.15) is 0 Å². The van der Waals surface area contributed by atoms with Crippen molar-refractivity contribution in [2.45, 2.75) is 26.7 Å². The fourth-order valence-corrected chi connectivity index (χ4v) is 2.33. The van der Waals surface area contributed by atoms with Crippen LogP contribution in [0.2, 0.25) is 0 Å². The zero-order valence-electron chi connectivity index (χ0n) is 11.9. The average Bonchev–Trinajstić information content (AvgIpc) is 2.45. The van der Waals surface area contributed by atoms with E-state index in [0.29, 0.717) is 0 Å². The number of hydrogen-bond donors (Lipinski definition) is 1. The van der Waals surface area contributed by atoms with Crippen molar-refractivity contribution in [3.05, 3.63) is 53.9 Å². The number of unbranched alkanes of at least 4 members (excludes halogenated alkanes) is 1. The lowest BCUT2D eigenvalue weighted by Crippen LogP contribution is -1.92. The summed E-state index contributed by atoms with van der Waals surface area (Å²) in [5.74, 6) is 0. The summed E-state index contributed by atoms with van der Waals surface area (Å²) in [6, 6.07) is 9.86. The summed E-state index contributed by atoms with van der Waals surface area (Å²) >= 11 is 6.38. The van der Waals surface area contributed by atoms with Gasteiger partial charge in [-0.3, -0.25) is 4.98 Å². The highest BCUT2D eigenvalue weighted by molar-refractivity contribution is 6.48. The number of pyridine rings is 1. The van der Waals surface area contributed by atoms with E-state index in [-0.39, 0.29) is 0 Å². The van der Waals surface area contributed by atoms with Crippen molar-refractivity contribution in [2.75, 3.05) is 5.73 Å². The second-order valence-electron chi connectivity index (χ2n) is 4.82. The van der Waals surface area contributed by atoms with Crippen LogP contribution in [0.5, 0.6) is 0 Å². The molecule has 0 unspecified atom stereocenters. The van der Waals surface area contributed by atoms with Crippen LogP contribution < -0.4 is 5.73 Å². The Kier molecular flexibility index (Phi) is 4.80. The summed E-state index contributed by atoms with van der Waals surface area (Å²) < 4.78 is 0. The number of nitrogens with zero attached hydrogens (tertiary/aromatic N) is 1. The van der Waals surface area contributed by atoms with Crippen molar-refractivity contribution >= 4 is 22.3 Å². The van der Waals surface area contributed by atoms with Gasteiger partial charge in [-0.1, -0.05) is 43.2 Å². The van der Waals surface area contributed by atoms with Crippen LogP contribution in [0.1, 0.15) is 31.0 Å². The normalized spacial score (nSPS) is 11.7. The van der Waals surface area contributed by atoms with Crippen LogP contribution in [-0.2, 0) is 0 Å². The fraction of sp³-hybridized carbons (Fsp3) is 0.235. The van der Waals surface area contributed by atoms with E-state index in [9.17, 15) is 0 Å². The molecular formula is C17H19ClN2. The van der Waals surface area contributed by atoms with Crippen molar-refractivity contribution in [3.8, 4) is 11.1 Å². The number of rotatable bonds is 4. The van der Waals surface area contributed by atoms with Crippen molar-refractivity contribution < 1.29 is 0 Å². The summed E-state index contributed by atoms with van der Waals surface area (Å²) in [4.78, 5) is 4.45. The third-order valence-corrected chi connectivity index (χ3v) is 3.53. The Balaban J connectivity index is 2.43. The van der Waals surface area contributed by atoms with Crippen molar-refractivity contribution in [1.82, 2.24) is 4.98 Å². The van der Waals surface area contributed by atoms with Gasteiger partial charge in [0.1, 0.15) is 0 Å². The minimum atomic E-state index is 0.747. The van der Waals surface area contributed by atoms with Gasteiger partial charge in [0.2, 0.25) is 0 Å². The molecule has 2 rings (SSSR count). The number of aryl methyl sites for hydroxylation is 1. The van der Waals surface area contributed by atoms with Gasteiger partial charge in [-0.15, -0.1) is 0 Å². The first kappa shape index (κ1) is 14.6. The lowest BCUT2D eigenvalue weighted by molar-refractivity contribution is 0.961. The van der Waals surface area contributed by atoms with Crippen molar-refractivity contribution in [2.24, 2.45) is 0 Å². The van der Waals surface area contributed by atoms with Gasteiger partial charge < -0.3 is 5.73 Å². The zero-order valence-corrected chi connectivity index (χ0v) is 12.6. The largest absolute Gasteiger partial charge is 0.399 e. The smallest absolute Gasteiger partial charge is 0.0460 e. The molecule has 20 heavy (non-hydrogen) atoms. The van der Waals surface area contributed by atoms with Gasteiger partial charge in [0.05, 0.1) is 0 Å². The van der Waals surface area contributed by atoms with Crippen LogP contribution in [0.3, 0.4) is 0 Å².